The van der Waals surface area contributed by atoms with Gasteiger partial charge in [0.15, 0.2) is 5.16 Å². The van der Waals surface area contributed by atoms with E-state index in [2.05, 4.69) is 53.3 Å². The van der Waals surface area contributed by atoms with Gasteiger partial charge in [0.1, 0.15) is 12.4 Å². The maximum absolute atomic E-state index is 5.80. The molecular weight excluding hydrogens is 378 g/mol. The van der Waals surface area contributed by atoms with Gasteiger partial charge >= 0.3 is 0 Å². The average molecular weight is 402 g/mol. The molecule has 4 aromatic rings. The molecule has 0 bridgehead atoms. The SMILES string of the molecule is Cc1[nH]c(SCc2ccc(OCc3ccccn3)cc2)nc1Cc1ccccc1. The van der Waals surface area contributed by atoms with E-state index in [1.165, 1.54) is 11.1 Å². The number of aromatic amines is 1. The second kappa shape index (κ2) is 9.43. The van der Waals surface area contributed by atoms with Gasteiger partial charge in [-0.3, -0.25) is 4.98 Å². The smallest absolute Gasteiger partial charge is 0.166 e. The molecular formula is C24H23N3OS. The molecule has 0 spiro atoms. The minimum absolute atomic E-state index is 0.477. The van der Waals surface area contributed by atoms with Crippen molar-refractivity contribution in [3.8, 4) is 5.75 Å². The van der Waals surface area contributed by atoms with E-state index >= 15 is 0 Å². The van der Waals surface area contributed by atoms with Crippen LogP contribution in [-0.2, 0) is 18.8 Å². The summed E-state index contributed by atoms with van der Waals surface area (Å²) in [7, 11) is 0. The molecule has 4 nitrogen and oxygen atoms in total. The lowest BCUT2D eigenvalue weighted by Gasteiger charge is -2.06. The number of pyridine rings is 1. The van der Waals surface area contributed by atoms with Crippen LogP contribution < -0.4 is 4.74 Å². The Hall–Kier alpha value is -3.05. The van der Waals surface area contributed by atoms with Crippen LogP contribution in [0.25, 0.3) is 0 Å². The molecule has 0 saturated carbocycles. The van der Waals surface area contributed by atoms with Gasteiger partial charge in [-0.05, 0) is 42.3 Å². The number of nitrogens with one attached hydrogen (secondary N) is 1. The molecule has 4 rings (SSSR count). The average Bonchev–Trinajstić information content (AvgIpc) is 3.12. The monoisotopic (exact) mass is 401 g/mol. The van der Waals surface area contributed by atoms with E-state index in [4.69, 9.17) is 9.72 Å². The van der Waals surface area contributed by atoms with Gasteiger partial charge in [0.25, 0.3) is 0 Å². The molecule has 1 N–H and O–H groups in total. The fraction of sp³-hybridized carbons (Fsp3) is 0.167. The second-order valence-electron chi connectivity index (χ2n) is 6.82. The number of aryl methyl sites for hydroxylation is 1. The Morgan fingerprint density at radius 3 is 2.45 bits per heavy atom. The summed E-state index contributed by atoms with van der Waals surface area (Å²) in [6, 6.07) is 24.5. The van der Waals surface area contributed by atoms with Gasteiger partial charge in [0.05, 0.1) is 11.4 Å². The third-order valence-corrected chi connectivity index (χ3v) is 5.53. The van der Waals surface area contributed by atoms with E-state index in [0.717, 1.165) is 40.2 Å². The van der Waals surface area contributed by atoms with Crippen molar-refractivity contribution < 1.29 is 4.74 Å². The molecule has 0 aliphatic carbocycles. The van der Waals surface area contributed by atoms with E-state index in [1.54, 1.807) is 18.0 Å². The number of ether oxygens (including phenoxy) is 1. The number of aromatic nitrogens is 3. The Bertz CT molecular complexity index is 1030. The Kier molecular flexibility index (Phi) is 6.27. The van der Waals surface area contributed by atoms with E-state index in [0.29, 0.717) is 6.61 Å². The summed E-state index contributed by atoms with van der Waals surface area (Å²) in [6.45, 7) is 2.56. The summed E-state index contributed by atoms with van der Waals surface area (Å²) in [5.41, 5.74) is 5.68. The largest absolute Gasteiger partial charge is 0.487 e. The molecule has 0 radical (unpaired) electrons. The molecule has 29 heavy (non-hydrogen) atoms. The van der Waals surface area contributed by atoms with E-state index in [-0.39, 0.29) is 0 Å². The lowest BCUT2D eigenvalue weighted by molar-refractivity contribution is 0.301. The van der Waals surface area contributed by atoms with Gasteiger partial charge < -0.3 is 9.72 Å². The highest BCUT2D eigenvalue weighted by Gasteiger charge is 2.08. The van der Waals surface area contributed by atoms with Gasteiger partial charge in [-0.25, -0.2) is 4.98 Å². The molecule has 0 aliphatic rings. The molecule has 2 heterocycles. The normalized spacial score (nSPS) is 10.8. The van der Waals surface area contributed by atoms with Crippen LogP contribution in [0.4, 0.5) is 0 Å². The number of imidazole rings is 1. The highest BCUT2D eigenvalue weighted by molar-refractivity contribution is 7.98. The summed E-state index contributed by atoms with van der Waals surface area (Å²) >= 11 is 1.72. The lowest BCUT2D eigenvalue weighted by Crippen LogP contribution is -1.97. The number of hydrogen-bond donors (Lipinski definition) is 1. The molecule has 0 fully saturated rings. The third kappa shape index (κ3) is 5.48. The number of thioether (sulfide) groups is 1. The summed E-state index contributed by atoms with van der Waals surface area (Å²) in [5, 5.41) is 0.962. The molecule has 0 amide bonds. The Morgan fingerprint density at radius 1 is 0.897 bits per heavy atom. The highest BCUT2D eigenvalue weighted by Crippen LogP contribution is 2.24. The summed E-state index contributed by atoms with van der Waals surface area (Å²) in [4.78, 5) is 12.5. The van der Waals surface area contributed by atoms with Crippen molar-refractivity contribution in [1.29, 1.82) is 0 Å². The third-order valence-electron chi connectivity index (χ3n) is 4.59. The van der Waals surface area contributed by atoms with Crippen molar-refractivity contribution in [1.82, 2.24) is 15.0 Å². The quantitative estimate of drug-likeness (QED) is 0.392. The van der Waals surface area contributed by atoms with Crippen LogP contribution in [0.2, 0.25) is 0 Å². The first-order chi connectivity index (χ1) is 14.3. The van der Waals surface area contributed by atoms with Crippen LogP contribution in [0.1, 0.15) is 28.2 Å². The van der Waals surface area contributed by atoms with Crippen molar-refractivity contribution in [3.05, 3.63) is 107 Å². The van der Waals surface area contributed by atoms with Crippen LogP contribution >= 0.6 is 11.8 Å². The van der Waals surface area contributed by atoms with Crippen LogP contribution in [0.3, 0.4) is 0 Å². The fourth-order valence-corrected chi connectivity index (χ4v) is 3.87. The summed E-state index contributed by atoms with van der Waals surface area (Å²) in [6.07, 6.45) is 2.63. The van der Waals surface area contributed by atoms with Crippen LogP contribution in [0.15, 0.2) is 84.1 Å². The second-order valence-corrected chi connectivity index (χ2v) is 7.78. The van der Waals surface area contributed by atoms with Gasteiger partial charge in [0.2, 0.25) is 0 Å². The molecule has 0 unspecified atom stereocenters. The predicted molar refractivity (Wildman–Crippen MR) is 117 cm³/mol. The Morgan fingerprint density at radius 2 is 1.69 bits per heavy atom. The predicted octanol–water partition coefficient (Wildman–Crippen LogP) is 5.58. The highest BCUT2D eigenvalue weighted by atomic mass is 32.2. The standard InChI is InChI=1S/C24H23N3OS/c1-18-23(15-19-7-3-2-4-8-19)27-24(26-18)29-17-20-10-12-22(13-11-20)28-16-21-9-5-6-14-25-21/h2-14H,15-17H2,1H3,(H,26,27). The van der Waals surface area contributed by atoms with E-state index < -0.39 is 0 Å². The first-order valence-electron chi connectivity index (χ1n) is 9.60. The first-order valence-corrected chi connectivity index (χ1v) is 10.6. The van der Waals surface area contributed by atoms with Crippen molar-refractivity contribution in [2.24, 2.45) is 0 Å². The minimum Gasteiger partial charge on any atom is -0.487 e. The molecule has 0 aliphatic heterocycles. The van der Waals surface area contributed by atoms with Crippen molar-refractivity contribution in [2.75, 3.05) is 0 Å². The summed E-state index contributed by atoms with van der Waals surface area (Å²) < 4.78 is 5.80. The number of H-pyrrole nitrogens is 1. The van der Waals surface area contributed by atoms with Crippen LogP contribution in [0.5, 0.6) is 5.75 Å². The Labute approximate surface area is 175 Å². The maximum Gasteiger partial charge on any atom is 0.166 e. The molecule has 5 heteroatoms. The van der Waals surface area contributed by atoms with Gasteiger partial charge in [0, 0.05) is 24.1 Å². The van der Waals surface area contributed by atoms with Gasteiger partial charge in [-0.1, -0.05) is 60.3 Å². The zero-order chi connectivity index (χ0) is 19.9. The van der Waals surface area contributed by atoms with Crippen molar-refractivity contribution in [2.45, 2.75) is 30.9 Å². The van der Waals surface area contributed by atoms with Gasteiger partial charge in [-0.15, -0.1) is 0 Å². The van der Waals surface area contributed by atoms with E-state index in [1.807, 2.05) is 36.4 Å². The fourth-order valence-electron chi connectivity index (χ4n) is 2.97. The zero-order valence-corrected chi connectivity index (χ0v) is 17.2. The molecule has 2 aromatic carbocycles. The minimum atomic E-state index is 0.477. The molecule has 0 atom stereocenters. The molecule has 0 saturated heterocycles. The Balaban J connectivity index is 1.30. The zero-order valence-electron chi connectivity index (χ0n) is 16.3. The molecule has 2 aromatic heterocycles. The number of hydrogen-bond acceptors (Lipinski definition) is 4. The van der Waals surface area contributed by atoms with Crippen molar-refractivity contribution >= 4 is 11.8 Å². The lowest BCUT2D eigenvalue weighted by atomic mass is 10.1. The van der Waals surface area contributed by atoms with E-state index in [9.17, 15) is 0 Å². The number of rotatable bonds is 8. The number of nitrogens with zero attached hydrogens (tertiary/aromatic N) is 2. The molecule has 146 valence electrons. The van der Waals surface area contributed by atoms with Crippen LogP contribution in [-0.4, -0.2) is 15.0 Å². The summed E-state index contributed by atoms with van der Waals surface area (Å²) in [5.74, 6) is 1.71. The van der Waals surface area contributed by atoms with Crippen LogP contribution in [0, 0.1) is 6.92 Å². The van der Waals surface area contributed by atoms with Crippen molar-refractivity contribution in [3.63, 3.8) is 0 Å². The topological polar surface area (TPSA) is 50.8 Å². The maximum atomic E-state index is 5.80. The van der Waals surface area contributed by atoms with Gasteiger partial charge in [-0.2, -0.15) is 0 Å². The first kappa shape index (κ1) is 19.3. The number of benzene rings is 2.